The zero-order chi connectivity index (χ0) is 22.4. The quantitative estimate of drug-likeness (QED) is 0.491. The van der Waals surface area contributed by atoms with Gasteiger partial charge in [0, 0.05) is 26.6 Å². The van der Waals surface area contributed by atoms with Crippen LogP contribution in [-0.2, 0) is 23.8 Å². The first-order valence-corrected chi connectivity index (χ1v) is 10.6. The van der Waals surface area contributed by atoms with Gasteiger partial charge in [0.15, 0.2) is 0 Å². The van der Waals surface area contributed by atoms with Crippen molar-refractivity contribution in [2.75, 3.05) is 14.2 Å². The lowest BCUT2D eigenvalue weighted by molar-refractivity contribution is -0.156. The van der Waals surface area contributed by atoms with Crippen molar-refractivity contribution in [1.29, 1.82) is 0 Å². The van der Waals surface area contributed by atoms with Crippen molar-refractivity contribution in [3.05, 3.63) is 23.3 Å². The summed E-state index contributed by atoms with van der Waals surface area (Å²) in [6.45, 7) is 13.7. The van der Waals surface area contributed by atoms with Crippen LogP contribution in [0, 0.1) is 17.3 Å². The van der Waals surface area contributed by atoms with Crippen LogP contribution in [0.1, 0.15) is 67.7 Å². The van der Waals surface area contributed by atoms with Gasteiger partial charge in [-0.15, -0.1) is 0 Å². The largest absolute Gasteiger partial charge is 0.457 e. The van der Waals surface area contributed by atoms with Gasteiger partial charge < -0.3 is 14.2 Å². The van der Waals surface area contributed by atoms with Gasteiger partial charge in [-0.1, -0.05) is 45.4 Å². The number of ketones is 1. The Morgan fingerprint density at radius 2 is 1.79 bits per heavy atom. The van der Waals surface area contributed by atoms with Gasteiger partial charge in [0.2, 0.25) is 0 Å². The number of carbonyl (C=O) groups is 2. The standard InChI is InChI=1S/C24H40O5/c1-10-16(3)19-12-11-15(2)13-17(4)22(28-9)18(5)23(26)24(6,7)20(27-8)14-21(25)29-19/h10-11,17-20,22H,12-14H2,1-9H3/b15-11?,16-10+. The van der Waals surface area contributed by atoms with Crippen LogP contribution >= 0.6 is 0 Å². The lowest BCUT2D eigenvalue weighted by Crippen LogP contribution is -2.47. The highest BCUT2D eigenvalue weighted by Gasteiger charge is 2.43. The first-order chi connectivity index (χ1) is 13.5. The third-order valence-electron chi connectivity index (χ3n) is 6.38. The number of esters is 1. The van der Waals surface area contributed by atoms with Crippen molar-refractivity contribution in [1.82, 2.24) is 0 Å². The molecule has 0 fully saturated rings. The summed E-state index contributed by atoms with van der Waals surface area (Å²) in [5.74, 6) is -0.446. The number of Topliss-reactive ketones (excluding diaryl/α,β-unsaturated/α-hetero) is 1. The molecular weight excluding hydrogens is 368 g/mol. The van der Waals surface area contributed by atoms with E-state index in [1.807, 2.05) is 40.7 Å². The van der Waals surface area contributed by atoms with Crippen LogP contribution in [0.3, 0.4) is 0 Å². The molecular formula is C24H40O5. The first kappa shape index (κ1) is 25.6. The zero-order valence-electron chi connectivity index (χ0n) is 19.7. The van der Waals surface area contributed by atoms with Gasteiger partial charge in [-0.3, -0.25) is 9.59 Å². The Balaban J connectivity index is 3.37. The zero-order valence-corrected chi connectivity index (χ0v) is 19.7. The predicted molar refractivity (Wildman–Crippen MR) is 116 cm³/mol. The molecule has 0 aromatic heterocycles. The lowest BCUT2D eigenvalue weighted by atomic mass is 9.72. The van der Waals surface area contributed by atoms with Crippen LogP contribution in [0.25, 0.3) is 0 Å². The highest BCUT2D eigenvalue weighted by atomic mass is 16.5. The fourth-order valence-corrected chi connectivity index (χ4v) is 4.34. The molecule has 0 aromatic rings. The third-order valence-corrected chi connectivity index (χ3v) is 6.38. The van der Waals surface area contributed by atoms with Crippen molar-refractivity contribution >= 4 is 11.8 Å². The predicted octanol–water partition coefficient (Wildman–Crippen LogP) is 4.89. The molecule has 1 aliphatic heterocycles. The van der Waals surface area contributed by atoms with E-state index < -0.39 is 11.5 Å². The van der Waals surface area contributed by atoms with Gasteiger partial charge in [-0.2, -0.15) is 0 Å². The Hall–Kier alpha value is -1.46. The van der Waals surface area contributed by atoms with E-state index in [0.717, 1.165) is 12.0 Å². The maximum absolute atomic E-state index is 13.4. The molecule has 0 radical (unpaired) electrons. The van der Waals surface area contributed by atoms with Crippen LogP contribution in [0.4, 0.5) is 0 Å². The molecule has 0 saturated heterocycles. The van der Waals surface area contributed by atoms with Crippen molar-refractivity contribution in [2.45, 2.75) is 86.0 Å². The molecule has 0 N–H and O–H groups in total. The molecule has 0 spiro atoms. The van der Waals surface area contributed by atoms with Crippen LogP contribution in [0.2, 0.25) is 0 Å². The molecule has 1 rings (SSSR count). The van der Waals surface area contributed by atoms with Crippen molar-refractivity contribution in [3.63, 3.8) is 0 Å². The summed E-state index contributed by atoms with van der Waals surface area (Å²) in [5, 5.41) is 0. The fraction of sp³-hybridized carbons (Fsp3) is 0.750. The van der Waals surface area contributed by atoms with Crippen LogP contribution in [0.5, 0.6) is 0 Å². The average Bonchev–Trinajstić information content (AvgIpc) is 2.67. The van der Waals surface area contributed by atoms with E-state index in [0.29, 0.717) is 6.42 Å². The minimum Gasteiger partial charge on any atom is -0.457 e. The van der Waals surface area contributed by atoms with Gasteiger partial charge in [0.1, 0.15) is 11.9 Å². The van der Waals surface area contributed by atoms with E-state index in [1.54, 1.807) is 7.11 Å². The second kappa shape index (κ2) is 11.1. The molecule has 5 heteroatoms. The molecule has 0 aromatic carbocycles. The number of cyclic esters (lactones) is 1. The molecule has 5 nitrogen and oxygen atoms in total. The van der Waals surface area contributed by atoms with Crippen molar-refractivity contribution < 1.29 is 23.8 Å². The number of hydrogen-bond donors (Lipinski definition) is 0. The molecule has 5 atom stereocenters. The van der Waals surface area contributed by atoms with Gasteiger partial charge >= 0.3 is 5.97 Å². The summed E-state index contributed by atoms with van der Waals surface area (Å²) in [7, 11) is 3.20. The van der Waals surface area contributed by atoms with Gasteiger partial charge in [0.05, 0.1) is 24.0 Å². The summed E-state index contributed by atoms with van der Waals surface area (Å²) in [4.78, 5) is 26.1. The monoisotopic (exact) mass is 408 g/mol. The normalized spacial score (nSPS) is 32.9. The molecule has 1 aliphatic rings. The molecule has 29 heavy (non-hydrogen) atoms. The van der Waals surface area contributed by atoms with E-state index in [2.05, 4.69) is 19.9 Å². The Bertz CT molecular complexity index is 631. The molecule has 166 valence electrons. The number of carbonyl (C=O) groups excluding carboxylic acids is 2. The van der Waals surface area contributed by atoms with Crippen LogP contribution in [0.15, 0.2) is 23.3 Å². The highest BCUT2D eigenvalue weighted by molar-refractivity contribution is 5.88. The summed E-state index contributed by atoms with van der Waals surface area (Å²) in [6.07, 6.45) is 4.50. The van der Waals surface area contributed by atoms with E-state index in [-0.39, 0.29) is 42.2 Å². The maximum atomic E-state index is 13.4. The van der Waals surface area contributed by atoms with Gasteiger partial charge in [-0.05, 0) is 38.7 Å². The summed E-state index contributed by atoms with van der Waals surface area (Å²) < 4.78 is 17.2. The lowest BCUT2D eigenvalue weighted by Gasteiger charge is -2.37. The summed E-state index contributed by atoms with van der Waals surface area (Å²) >= 11 is 0. The third kappa shape index (κ3) is 6.51. The topological polar surface area (TPSA) is 61.8 Å². The molecule has 0 bridgehead atoms. The number of hydrogen-bond acceptors (Lipinski definition) is 5. The van der Waals surface area contributed by atoms with Gasteiger partial charge in [-0.25, -0.2) is 0 Å². The summed E-state index contributed by atoms with van der Waals surface area (Å²) in [5.41, 5.74) is 1.37. The Labute approximate surface area is 176 Å². The molecule has 0 aliphatic carbocycles. The Kier molecular flexibility index (Phi) is 9.77. The highest BCUT2D eigenvalue weighted by Crippen LogP contribution is 2.34. The number of methoxy groups -OCH3 is 2. The van der Waals surface area contributed by atoms with Gasteiger partial charge in [0.25, 0.3) is 0 Å². The molecule has 0 saturated carbocycles. The molecule has 1 heterocycles. The Morgan fingerprint density at radius 1 is 1.17 bits per heavy atom. The molecule has 0 amide bonds. The maximum Gasteiger partial charge on any atom is 0.309 e. The second-order valence-electron chi connectivity index (χ2n) is 8.98. The van der Waals surface area contributed by atoms with E-state index in [9.17, 15) is 9.59 Å². The minimum atomic E-state index is -0.843. The number of allylic oxidation sites excluding steroid dienone is 2. The van der Waals surface area contributed by atoms with E-state index >= 15 is 0 Å². The average molecular weight is 409 g/mol. The van der Waals surface area contributed by atoms with Crippen LogP contribution in [-0.4, -0.2) is 44.3 Å². The summed E-state index contributed by atoms with van der Waals surface area (Å²) in [6, 6.07) is 0. The van der Waals surface area contributed by atoms with E-state index in [4.69, 9.17) is 14.2 Å². The van der Waals surface area contributed by atoms with Crippen molar-refractivity contribution in [2.24, 2.45) is 17.3 Å². The Morgan fingerprint density at radius 3 is 2.31 bits per heavy atom. The minimum absolute atomic E-state index is 0.0331. The van der Waals surface area contributed by atoms with Crippen molar-refractivity contribution in [3.8, 4) is 0 Å². The second-order valence-corrected chi connectivity index (χ2v) is 8.98. The fourth-order valence-electron chi connectivity index (χ4n) is 4.34. The van der Waals surface area contributed by atoms with E-state index in [1.165, 1.54) is 12.7 Å². The smallest absolute Gasteiger partial charge is 0.309 e. The SMILES string of the molecule is C/C=C(\C)C1CC=C(C)CC(C)C(OC)C(C)C(=O)C(C)(C)C(OC)CC(=O)O1. The van der Waals surface area contributed by atoms with Crippen LogP contribution < -0.4 is 0 Å². The first-order valence-electron chi connectivity index (χ1n) is 10.6. The number of ether oxygens (including phenoxy) is 3. The molecule has 5 unspecified atom stereocenters. The number of rotatable bonds is 3.